The van der Waals surface area contributed by atoms with E-state index in [-0.39, 0.29) is 12.5 Å². The fourth-order valence-electron chi connectivity index (χ4n) is 4.05. The molecule has 0 radical (unpaired) electrons. The quantitative estimate of drug-likeness (QED) is 0.365. The Hall–Kier alpha value is -3.92. The second kappa shape index (κ2) is 10.6. The van der Waals surface area contributed by atoms with Crippen LogP contribution in [0.2, 0.25) is 0 Å². The van der Waals surface area contributed by atoms with Gasteiger partial charge in [0.25, 0.3) is 5.91 Å². The largest absolute Gasteiger partial charge is 0.474 e. The molecule has 2 aromatic rings. The van der Waals surface area contributed by atoms with Crippen LogP contribution in [0.15, 0.2) is 48.5 Å². The summed E-state index contributed by atoms with van der Waals surface area (Å²) in [7, 11) is 0. The van der Waals surface area contributed by atoms with Gasteiger partial charge in [-0.3, -0.25) is 15.0 Å². The highest BCUT2D eigenvalue weighted by molar-refractivity contribution is 6.32. The number of amides is 3. The zero-order valence-electron chi connectivity index (χ0n) is 20.0. The van der Waals surface area contributed by atoms with Gasteiger partial charge in [-0.05, 0) is 49.9 Å². The first-order valence-electron chi connectivity index (χ1n) is 11.1. The van der Waals surface area contributed by atoms with Crippen LogP contribution in [0.25, 0.3) is 11.1 Å². The molecule has 1 unspecified atom stereocenters. The first kappa shape index (κ1) is 25.7. The van der Waals surface area contributed by atoms with E-state index in [1.807, 2.05) is 48.5 Å². The molecule has 186 valence electrons. The maximum atomic E-state index is 12.7. The van der Waals surface area contributed by atoms with Crippen molar-refractivity contribution in [1.82, 2.24) is 16.2 Å². The van der Waals surface area contributed by atoms with Gasteiger partial charge in [0, 0.05) is 5.92 Å². The number of hydrogen-bond acceptors (Lipinski definition) is 6. The van der Waals surface area contributed by atoms with Crippen LogP contribution in [0.4, 0.5) is 4.79 Å². The van der Waals surface area contributed by atoms with Gasteiger partial charge in [-0.2, -0.15) is 0 Å². The lowest BCUT2D eigenvalue weighted by Crippen LogP contribution is -2.58. The summed E-state index contributed by atoms with van der Waals surface area (Å²) in [6, 6.07) is 14.4. The Kier molecular flexibility index (Phi) is 7.75. The summed E-state index contributed by atoms with van der Waals surface area (Å²) < 4.78 is 11.0. The smallest absolute Gasteiger partial charge is 0.426 e. The number of benzene rings is 2. The SMILES string of the molecule is CC(OC(C)(C)C)[C@@H](NC(=O)C(=O)O)C(=O)NNC(=O)OCC1c2ccccc2-c2ccccc21. The van der Waals surface area contributed by atoms with Crippen LogP contribution in [-0.2, 0) is 23.9 Å². The van der Waals surface area contributed by atoms with E-state index < -0.39 is 41.6 Å². The maximum Gasteiger partial charge on any atom is 0.426 e. The van der Waals surface area contributed by atoms with Crippen LogP contribution in [0, 0.1) is 0 Å². The van der Waals surface area contributed by atoms with Crippen molar-refractivity contribution >= 4 is 23.9 Å². The van der Waals surface area contributed by atoms with Crippen LogP contribution in [0.5, 0.6) is 0 Å². The molecule has 0 aliphatic heterocycles. The van der Waals surface area contributed by atoms with Crippen molar-refractivity contribution in [3.63, 3.8) is 0 Å². The lowest BCUT2D eigenvalue weighted by Gasteiger charge is -2.30. The Morgan fingerprint density at radius 2 is 1.49 bits per heavy atom. The van der Waals surface area contributed by atoms with Crippen LogP contribution in [0.1, 0.15) is 44.7 Å². The summed E-state index contributed by atoms with van der Waals surface area (Å²) in [6.45, 7) is 6.77. The molecular weight excluding hydrogens is 454 g/mol. The summed E-state index contributed by atoms with van der Waals surface area (Å²) >= 11 is 0. The predicted octanol–water partition coefficient (Wildman–Crippen LogP) is 2.33. The normalized spacial score (nSPS) is 14.2. The van der Waals surface area contributed by atoms with E-state index in [1.54, 1.807) is 20.8 Å². The average molecular weight is 484 g/mol. The molecule has 35 heavy (non-hydrogen) atoms. The van der Waals surface area contributed by atoms with Crippen molar-refractivity contribution in [2.75, 3.05) is 6.61 Å². The number of nitrogens with one attached hydrogen (secondary N) is 3. The molecule has 1 aliphatic carbocycles. The Balaban J connectivity index is 1.61. The fraction of sp³-hybridized carbons (Fsp3) is 0.360. The van der Waals surface area contributed by atoms with Gasteiger partial charge in [-0.15, -0.1) is 0 Å². The van der Waals surface area contributed by atoms with E-state index in [0.29, 0.717) is 0 Å². The predicted molar refractivity (Wildman–Crippen MR) is 126 cm³/mol. The number of aliphatic carboxylic acids is 1. The minimum absolute atomic E-state index is 0.0401. The second-order valence-electron chi connectivity index (χ2n) is 9.13. The Bertz CT molecular complexity index is 1080. The first-order valence-corrected chi connectivity index (χ1v) is 11.1. The van der Waals surface area contributed by atoms with Crippen LogP contribution < -0.4 is 16.2 Å². The summed E-state index contributed by atoms with van der Waals surface area (Å²) in [6.07, 6.45) is -1.81. The van der Waals surface area contributed by atoms with Gasteiger partial charge in [0.1, 0.15) is 12.6 Å². The standard InChI is InChI=1S/C25H29N3O7/c1-14(35-25(2,3)4)20(26-22(30)23(31)32)21(29)27-28-24(33)34-13-19-17-11-7-5-9-15(17)16-10-6-8-12-18(16)19/h5-12,14,19-20H,13H2,1-4H3,(H,26,30)(H,27,29)(H,28,33)(H,31,32)/t14?,20-/m1/s1. The first-order chi connectivity index (χ1) is 16.5. The average Bonchev–Trinajstić information content (AvgIpc) is 3.12. The molecule has 0 saturated heterocycles. The minimum atomic E-state index is -1.75. The second-order valence-corrected chi connectivity index (χ2v) is 9.13. The number of carboxylic acid groups (broad SMARTS) is 1. The molecule has 0 fully saturated rings. The number of carboxylic acids is 1. The number of carbonyl (C=O) groups excluding carboxylic acids is 3. The summed E-state index contributed by atoms with van der Waals surface area (Å²) in [4.78, 5) is 47.6. The number of hydrazine groups is 1. The summed E-state index contributed by atoms with van der Waals surface area (Å²) in [5.74, 6) is -4.16. The van der Waals surface area contributed by atoms with Crippen molar-refractivity contribution in [2.24, 2.45) is 0 Å². The third-order valence-electron chi connectivity index (χ3n) is 5.40. The molecule has 2 atom stereocenters. The minimum Gasteiger partial charge on any atom is -0.474 e. The van der Waals surface area contributed by atoms with E-state index in [1.165, 1.54) is 6.92 Å². The van der Waals surface area contributed by atoms with Crippen molar-refractivity contribution in [3.8, 4) is 11.1 Å². The Morgan fingerprint density at radius 3 is 2.00 bits per heavy atom. The van der Waals surface area contributed by atoms with Crippen LogP contribution in [0.3, 0.4) is 0 Å². The van der Waals surface area contributed by atoms with Gasteiger partial charge in [0.05, 0.1) is 11.7 Å². The van der Waals surface area contributed by atoms with Gasteiger partial charge >= 0.3 is 18.0 Å². The van der Waals surface area contributed by atoms with Crippen molar-refractivity contribution in [2.45, 2.75) is 51.4 Å². The van der Waals surface area contributed by atoms with Crippen molar-refractivity contribution in [1.29, 1.82) is 0 Å². The zero-order chi connectivity index (χ0) is 25.8. The number of carbonyl (C=O) groups is 4. The molecular formula is C25H29N3O7. The number of rotatable bonds is 6. The molecule has 4 N–H and O–H groups in total. The van der Waals surface area contributed by atoms with Crippen molar-refractivity contribution in [3.05, 3.63) is 59.7 Å². The maximum absolute atomic E-state index is 12.7. The zero-order valence-corrected chi connectivity index (χ0v) is 20.0. The Labute approximate surface area is 203 Å². The third-order valence-corrected chi connectivity index (χ3v) is 5.40. The molecule has 0 bridgehead atoms. The molecule has 3 amide bonds. The van der Waals surface area contributed by atoms with Gasteiger partial charge < -0.3 is 19.9 Å². The van der Waals surface area contributed by atoms with E-state index in [9.17, 15) is 19.2 Å². The number of ether oxygens (including phenoxy) is 2. The molecule has 10 nitrogen and oxygen atoms in total. The highest BCUT2D eigenvalue weighted by Gasteiger charge is 2.33. The topological polar surface area (TPSA) is 143 Å². The third kappa shape index (κ3) is 6.36. The highest BCUT2D eigenvalue weighted by atomic mass is 16.6. The molecule has 0 saturated carbocycles. The molecule has 0 aromatic heterocycles. The monoisotopic (exact) mass is 483 g/mol. The van der Waals surface area contributed by atoms with Gasteiger partial charge in [-0.1, -0.05) is 48.5 Å². The van der Waals surface area contributed by atoms with E-state index in [4.69, 9.17) is 14.6 Å². The molecule has 0 heterocycles. The van der Waals surface area contributed by atoms with Gasteiger partial charge in [0.15, 0.2) is 0 Å². The lowest BCUT2D eigenvalue weighted by atomic mass is 9.98. The molecule has 0 spiro atoms. The molecule has 10 heteroatoms. The van der Waals surface area contributed by atoms with E-state index in [2.05, 4.69) is 16.2 Å². The summed E-state index contributed by atoms with van der Waals surface area (Å²) in [5.41, 5.74) is 7.85. The van der Waals surface area contributed by atoms with E-state index in [0.717, 1.165) is 22.3 Å². The molecule has 1 aliphatic rings. The number of hydrogen-bond donors (Lipinski definition) is 4. The lowest BCUT2D eigenvalue weighted by molar-refractivity contribution is -0.152. The Morgan fingerprint density at radius 1 is 0.943 bits per heavy atom. The molecule has 3 rings (SSSR count). The highest BCUT2D eigenvalue weighted by Crippen LogP contribution is 2.44. The van der Waals surface area contributed by atoms with E-state index >= 15 is 0 Å². The van der Waals surface area contributed by atoms with Crippen LogP contribution in [-0.4, -0.2) is 53.3 Å². The van der Waals surface area contributed by atoms with Crippen LogP contribution >= 0.6 is 0 Å². The number of fused-ring (bicyclic) bond motifs is 3. The van der Waals surface area contributed by atoms with Gasteiger partial charge in [-0.25, -0.2) is 15.0 Å². The summed E-state index contributed by atoms with van der Waals surface area (Å²) in [5, 5.41) is 11.0. The molecule has 2 aromatic carbocycles. The fourth-order valence-corrected chi connectivity index (χ4v) is 4.05. The van der Waals surface area contributed by atoms with Gasteiger partial charge in [0.2, 0.25) is 0 Å². The van der Waals surface area contributed by atoms with Crippen molar-refractivity contribution < 1.29 is 33.8 Å².